The lowest BCUT2D eigenvalue weighted by Crippen LogP contribution is -2.05. The van der Waals surface area contributed by atoms with Gasteiger partial charge in [-0.2, -0.15) is 0 Å². The molecule has 0 aliphatic rings. The summed E-state index contributed by atoms with van der Waals surface area (Å²) < 4.78 is 32.1. The monoisotopic (exact) mass is 357 g/mol. The number of nitrogens with zero attached hydrogens (tertiary/aromatic N) is 2. The maximum Gasteiger partial charge on any atom is 0.169 e. The minimum absolute atomic E-state index is 0.0439. The van der Waals surface area contributed by atoms with Crippen molar-refractivity contribution in [1.82, 2.24) is 9.97 Å². The third-order valence-corrected chi connectivity index (χ3v) is 3.18. The first kappa shape index (κ1) is 15.6. The van der Waals surface area contributed by atoms with Crippen LogP contribution in [0, 0.1) is 11.6 Å². The molecule has 0 saturated carbocycles. The topological polar surface area (TPSA) is 47.0 Å². The van der Waals surface area contributed by atoms with Crippen molar-refractivity contribution in [2.75, 3.05) is 11.9 Å². The number of aromatic nitrogens is 2. The Hall–Kier alpha value is -1.76. The predicted octanol–water partition coefficient (Wildman–Crippen LogP) is 3.92. The van der Waals surface area contributed by atoms with Crippen LogP contribution in [0.3, 0.4) is 0 Å². The van der Waals surface area contributed by atoms with E-state index in [4.69, 9.17) is 4.74 Å². The first-order valence-electron chi connectivity index (χ1n) is 6.42. The molecular formula is C14H14BrF2N3O. The molecule has 1 N–H and O–H groups in total. The van der Waals surface area contributed by atoms with Crippen LogP contribution in [0.2, 0.25) is 0 Å². The van der Waals surface area contributed by atoms with Crippen molar-refractivity contribution in [2.45, 2.75) is 20.0 Å². The molecule has 21 heavy (non-hydrogen) atoms. The van der Waals surface area contributed by atoms with E-state index in [2.05, 4.69) is 38.1 Å². The van der Waals surface area contributed by atoms with E-state index in [-0.39, 0.29) is 16.8 Å². The number of halogens is 3. The highest BCUT2D eigenvalue weighted by atomic mass is 79.9. The summed E-state index contributed by atoms with van der Waals surface area (Å²) in [6, 6.07) is 1.91. The van der Waals surface area contributed by atoms with E-state index in [0.29, 0.717) is 11.5 Å². The smallest absolute Gasteiger partial charge is 0.169 e. The second-order valence-electron chi connectivity index (χ2n) is 4.31. The molecule has 0 amide bonds. The minimum Gasteiger partial charge on any atom is -0.483 e. The Bertz CT molecular complexity index is 585. The summed E-state index contributed by atoms with van der Waals surface area (Å²) in [6.07, 6.45) is 4.13. The van der Waals surface area contributed by atoms with Crippen LogP contribution in [0.25, 0.3) is 0 Å². The SMILES string of the molecule is CCCNc1cnc(COc2c(F)cc(F)cc2Br)cn1. The van der Waals surface area contributed by atoms with E-state index in [1.54, 1.807) is 12.4 Å². The van der Waals surface area contributed by atoms with Gasteiger partial charge in [-0.15, -0.1) is 0 Å². The van der Waals surface area contributed by atoms with Crippen LogP contribution in [0.4, 0.5) is 14.6 Å². The molecule has 2 rings (SSSR count). The zero-order valence-electron chi connectivity index (χ0n) is 11.4. The van der Waals surface area contributed by atoms with Gasteiger partial charge in [0.05, 0.1) is 22.6 Å². The molecule has 0 unspecified atom stereocenters. The fourth-order valence-electron chi connectivity index (χ4n) is 1.59. The number of nitrogens with one attached hydrogen (secondary N) is 1. The number of benzene rings is 1. The Morgan fingerprint density at radius 1 is 1.24 bits per heavy atom. The van der Waals surface area contributed by atoms with Crippen LogP contribution in [0.5, 0.6) is 5.75 Å². The van der Waals surface area contributed by atoms with Crippen LogP contribution in [0.1, 0.15) is 19.0 Å². The largest absolute Gasteiger partial charge is 0.483 e. The second-order valence-corrected chi connectivity index (χ2v) is 5.16. The van der Waals surface area contributed by atoms with Gasteiger partial charge >= 0.3 is 0 Å². The van der Waals surface area contributed by atoms with Gasteiger partial charge in [0, 0.05) is 12.6 Å². The van der Waals surface area contributed by atoms with Gasteiger partial charge in [0.15, 0.2) is 11.6 Å². The van der Waals surface area contributed by atoms with Crippen LogP contribution in [-0.4, -0.2) is 16.5 Å². The number of hydrogen-bond acceptors (Lipinski definition) is 4. The third kappa shape index (κ3) is 4.35. The summed E-state index contributed by atoms with van der Waals surface area (Å²) in [6.45, 7) is 2.91. The second kappa shape index (κ2) is 7.31. The van der Waals surface area contributed by atoms with Crippen molar-refractivity contribution < 1.29 is 13.5 Å². The average Bonchev–Trinajstić information content (AvgIpc) is 2.45. The van der Waals surface area contributed by atoms with Crippen LogP contribution in [0.15, 0.2) is 29.0 Å². The molecule has 0 bridgehead atoms. The van der Waals surface area contributed by atoms with Crippen molar-refractivity contribution in [3.63, 3.8) is 0 Å². The molecule has 0 radical (unpaired) electrons. The lowest BCUT2D eigenvalue weighted by atomic mass is 10.3. The number of anilines is 1. The fourth-order valence-corrected chi connectivity index (χ4v) is 2.11. The van der Waals surface area contributed by atoms with Gasteiger partial charge < -0.3 is 10.1 Å². The molecule has 0 saturated heterocycles. The zero-order chi connectivity index (χ0) is 15.2. The van der Waals surface area contributed by atoms with Crippen molar-refractivity contribution in [1.29, 1.82) is 0 Å². The maximum absolute atomic E-state index is 13.6. The first-order chi connectivity index (χ1) is 10.1. The van der Waals surface area contributed by atoms with Crippen molar-refractivity contribution in [3.8, 4) is 5.75 Å². The van der Waals surface area contributed by atoms with Gasteiger partial charge in [0.2, 0.25) is 0 Å². The van der Waals surface area contributed by atoms with Gasteiger partial charge in [0.1, 0.15) is 18.2 Å². The van der Waals surface area contributed by atoms with E-state index >= 15 is 0 Å². The molecule has 1 aromatic carbocycles. The van der Waals surface area contributed by atoms with Crippen LogP contribution < -0.4 is 10.1 Å². The minimum atomic E-state index is -0.768. The van der Waals surface area contributed by atoms with E-state index in [1.807, 2.05) is 0 Å². The van der Waals surface area contributed by atoms with Gasteiger partial charge in [-0.05, 0) is 28.4 Å². The highest BCUT2D eigenvalue weighted by molar-refractivity contribution is 9.10. The van der Waals surface area contributed by atoms with Gasteiger partial charge in [-0.3, -0.25) is 4.98 Å². The number of ether oxygens (including phenoxy) is 1. The lowest BCUT2D eigenvalue weighted by Gasteiger charge is -2.09. The molecule has 0 aliphatic heterocycles. The Balaban J connectivity index is 2.00. The third-order valence-electron chi connectivity index (χ3n) is 2.59. The molecule has 0 spiro atoms. The van der Waals surface area contributed by atoms with E-state index in [0.717, 1.165) is 25.1 Å². The maximum atomic E-state index is 13.6. The van der Waals surface area contributed by atoms with Crippen molar-refractivity contribution in [2.24, 2.45) is 0 Å². The highest BCUT2D eigenvalue weighted by Crippen LogP contribution is 2.29. The Morgan fingerprint density at radius 2 is 2.05 bits per heavy atom. The Morgan fingerprint density at radius 3 is 2.67 bits per heavy atom. The Kier molecular flexibility index (Phi) is 5.44. The van der Waals surface area contributed by atoms with Crippen LogP contribution >= 0.6 is 15.9 Å². The standard InChI is InChI=1S/C14H14BrF2N3O/c1-2-3-18-13-7-19-10(6-20-13)8-21-14-11(15)4-9(16)5-12(14)17/h4-7H,2-3,8H2,1H3,(H,18,20). The van der Waals surface area contributed by atoms with E-state index < -0.39 is 11.6 Å². The van der Waals surface area contributed by atoms with Gasteiger partial charge in [-0.1, -0.05) is 6.92 Å². The average molecular weight is 358 g/mol. The van der Waals surface area contributed by atoms with Gasteiger partial charge in [0.25, 0.3) is 0 Å². The molecule has 0 aliphatic carbocycles. The number of hydrogen-bond donors (Lipinski definition) is 1. The summed E-state index contributed by atoms with van der Waals surface area (Å²) in [5, 5.41) is 3.10. The molecule has 2 aromatic rings. The summed E-state index contributed by atoms with van der Waals surface area (Å²) in [5.74, 6) is -0.810. The summed E-state index contributed by atoms with van der Waals surface area (Å²) in [5.41, 5.74) is 0.549. The fraction of sp³-hybridized carbons (Fsp3) is 0.286. The summed E-state index contributed by atoms with van der Waals surface area (Å²) in [7, 11) is 0. The lowest BCUT2D eigenvalue weighted by molar-refractivity contribution is 0.282. The Labute approximate surface area is 129 Å². The summed E-state index contributed by atoms with van der Waals surface area (Å²) >= 11 is 3.06. The molecule has 112 valence electrons. The predicted molar refractivity (Wildman–Crippen MR) is 79.2 cm³/mol. The molecule has 4 nitrogen and oxygen atoms in total. The molecule has 7 heteroatoms. The van der Waals surface area contributed by atoms with E-state index in [9.17, 15) is 8.78 Å². The zero-order valence-corrected chi connectivity index (χ0v) is 13.0. The van der Waals surface area contributed by atoms with E-state index in [1.165, 1.54) is 0 Å². The molecular weight excluding hydrogens is 344 g/mol. The van der Waals surface area contributed by atoms with Gasteiger partial charge in [-0.25, -0.2) is 13.8 Å². The normalized spacial score (nSPS) is 10.5. The molecule has 0 atom stereocenters. The number of rotatable bonds is 6. The summed E-state index contributed by atoms with van der Waals surface area (Å²) in [4.78, 5) is 8.33. The van der Waals surface area contributed by atoms with Crippen LogP contribution in [-0.2, 0) is 6.61 Å². The molecule has 1 aromatic heterocycles. The van der Waals surface area contributed by atoms with Crippen molar-refractivity contribution in [3.05, 3.63) is 46.3 Å². The molecule has 1 heterocycles. The molecule has 0 fully saturated rings. The quantitative estimate of drug-likeness (QED) is 0.850. The first-order valence-corrected chi connectivity index (χ1v) is 7.21. The highest BCUT2D eigenvalue weighted by Gasteiger charge is 2.11. The van der Waals surface area contributed by atoms with Crippen molar-refractivity contribution >= 4 is 21.7 Å².